The lowest BCUT2D eigenvalue weighted by molar-refractivity contribution is 0.633. The molecule has 0 aliphatic carbocycles. The summed E-state index contributed by atoms with van der Waals surface area (Å²) < 4.78 is 2.00. The minimum absolute atomic E-state index is 0.741. The van der Waals surface area contributed by atoms with Crippen LogP contribution in [-0.4, -0.2) is 16.1 Å². The van der Waals surface area contributed by atoms with Gasteiger partial charge in [-0.05, 0) is 13.5 Å². The first-order valence-corrected chi connectivity index (χ1v) is 4.30. The van der Waals surface area contributed by atoms with Crippen LogP contribution in [0, 0.1) is 0 Å². The number of hydrogen-bond donors (Lipinski definition) is 2. The van der Waals surface area contributed by atoms with Crippen LogP contribution in [0.15, 0.2) is 6.20 Å². The maximum absolute atomic E-state index is 5.70. The van der Waals surface area contributed by atoms with Gasteiger partial charge < -0.3 is 15.6 Å². The zero-order chi connectivity index (χ0) is 8.97. The monoisotopic (exact) mass is 168 g/mol. The molecule has 0 atom stereocenters. The molecule has 4 nitrogen and oxygen atoms in total. The Morgan fingerprint density at radius 1 is 1.58 bits per heavy atom. The Kier molecular flexibility index (Phi) is 3.10. The van der Waals surface area contributed by atoms with E-state index in [2.05, 4.69) is 24.1 Å². The quantitative estimate of drug-likeness (QED) is 0.692. The second kappa shape index (κ2) is 4.11. The van der Waals surface area contributed by atoms with Gasteiger partial charge >= 0.3 is 0 Å². The Bertz CT molecular complexity index is 241. The highest BCUT2D eigenvalue weighted by atomic mass is 15.1. The fourth-order valence-corrected chi connectivity index (χ4v) is 1.17. The predicted octanol–water partition coefficient (Wildman–Crippen LogP) is 0.595. The van der Waals surface area contributed by atoms with Crippen molar-refractivity contribution in [1.29, 1.82) is 0 Å². The van der Waals surface area contributed by atoms with Gasteiger partial charge in [0.15, 0.2) is 0 Å². The molecule has 4 heteroatoms. The molecule has 0 saturated carbocycles. The van der Waals surface area contributed by atoms with E-state index >= 15 is 0 Å². The van der Waals surface area contributed by atoms with E-state index in [1.165, 1.54) is 0 Å². The van der Waals surface area contributed by atoms with Gasteiger partial charge in [0.2, 0.25) is 0 Å². The summed E-state index contributed by atoms with van der Waals surface area (Å²) in [6.45, 7) is 6.76. The van der Waals surface area contributed by atoms with E-state index in [1.807, 2.05) is 4.57 Å². The van der Waals surface area contributed by atoms with E-state index < -0.39 is 0 Å². The van der Waals surface area contributed by atoms with E-state index in [0.717, 1.165) is 31.3 Å². The number of rotatable bonds is 4. The van der Waals surface area contributed by atoms with Crippen LogP contribution in [0.5, 0.6) is 0 Å². The molecule has 0 saturated heterocycles. The fourth-order valence-electron chi connectivity index (χ4n) is 1.17. The van der Waals surface area contributed by atoms with Crippen molar-refractivity contribution in [3.8, 4) is 0 Å². The molecule has 1 aromatic heterocycles. The highest BCUT2D eigenvalue weighted by Crippen LogP contribution is 2.06. The van der Waals surface area contributed by atoms with Crippen LogP contribution in [0.2, 0.25) is 0 Å². The first-order chi connectivity index (χ1) is 5.79. The largest absolute Gasteiger partial charge is 0.384 e. The highest BCUT2D eigenvalue weighted by molar-refractivity contribution is 5.27. The Labute approximate surface area is 72.8 Å². The summed E-state index contributed by atoms with van der Waals surface area (Å²) in [6.07, 6.45) is 1.70. The number of hydrogen-bond acceptors (Lipinski definition) is 3. The van der Waals surface area contributed by atoms with Crippen molar-refractivity contribution in [3.05, 3.63) is 12.0 Å². The molecule has 0 bridgehead atoms. The van der Waals surface area contributed by atoms with Crippen LogP contribution in [0.1, 0.15) is 19.7 Å². The summed E-state index contributed by atoms with van der Waals surface area (Å²) in [4.78, 5) is 4.20. The Balaban J connectivity index is 2.70. The number of nitrogen functional groups attached to an aromatic ring is 1. The number of nitrogens with zero attached hydrogens (tertiary/aromatic N) is 2. The second-order valence-corrected chi connectivity index (χ2v) is 2.62. The van der Waals surface area contributed by atoms with Gasteiger partial charge in [0, 0.05) is 6.54 Å². The minimum atomic E-state index is 0.741. The van der Waals surface area contributed by atoms with Crippen molar-refractivity contribution in [1.82, 2.24) is 14.9 Å². The van der Waals surface area contributed by atoms with Gasteiger partial charge in [0.25, 0.3) is 0 Å². The van der Waals surface area contributed by atoms with E-state index in [4.69, 9.17) is 5.73 Å². The van der Waals surface area contributed by atoms with E-state index in [0.29, 0.717) is 0 Å². The molecule has 0 unspecified atom stereocenters. The standard InChI is InChI=1S/C8H16N4/c1-3-10-6-8-11-5-7(9)12(8)4-2/h5,10H,3-4,6,9H2,1-2H3. The Morgan fingerprint density at radius 3 is 2.92 bits per heavy atom. The first-order valence-electron chi connectivity index (χ1n) is 4.30. The molecule has 0 radical (unpaired) electrons. The second-order valence-electron chi connectivity index (χ2n) is 2.62. The fraction of sp³-hybridized carbons (Fsp3) is 0.625. The maximum atomic E-state index is 5.70. The van der Waals surface area contributed by atoms with Gasteiger partial charge in [0.05, 0.1) is 12.7 Å². The molecule has 1 heterocycles. The SMILES string of the molecule is CCNCc1ncc(N)n1CC. The van der Waals surface area contributed by atoms with Crippen molar-refractivity contribution in [2.45, 2.75) is 26.9 Å². The maximum Gasteiger partial charge on any atom is 0.124 e. The Morgan fingerprint density at radius 2 is 2.33 bits per heavy atom. The third kappa shape index (κ3) is 1.76. The lowest BCUT2D eigenvalue weighted by atomic mass is 10.5. The van der Waals surface area contributed by atoms with Gasteiger partial charge in [-0.25, -0.2) is 4.98 Å². The zero-order valence-electron chi connectivity index (χ0n) is 7.67. The topological polar surface area (TPSA) is 55.9 Å². The number of imidazole rings is 1. The van der Waals surface area contributed by atoms with Crippen molar-refractivity contribution < 1.29 is 0 Å². The molecule has 12 heavy (non-hydrogen) atoms. The molecule has 68 valence electrons. The van der Waals surface area contributed by atoms with Crippen molar-refractivity contribution in [2.75, 3.05) is 12.3 Å². The van der Waals surface area contributed by atoms with Crippen LogP contribution >= 0.6 is 0 Å². The number of anilines is 1. The van der Waals surface area contributed by atoms with Gasteiger partial charge in [-0.2, -0.15) is 0 Å². The first kappa shape index (κ1) is 9.06. The molecule has 0 fully saturated rings. The molecule has 0 aliphatic rings. The van der Waals surface area contributed by atoms with Gasteiger partial charge in [-0.1, -0.05) is 6.92 Å². The lowest BCUT2D eigenvalue weighted by Crippen LogP contribution is -2.16. The van der Waals surface area contributed by atoms with Gasteiger partial charge in [-0.15, -0.1) is 0 Å². The molecule has 1 rings (SSSR count). The molecule has 0 spiro atoms. The van der Waals surface area contributed by atoms with Crippen molar-refractivity contribution in [3.63, 3.8) is 0 Å². The van der Waals surface area contributed by atoms with E-state index in [-0.39, 0.29) is 0 Å². The van der Waals surface area contributed by atoms with Crippen LogP contribution in [0.3, 0.4) is 0 Å². The molecule has 0 aromatic carbocycles. The number of nitrogens with one attached hydrogen (secondary N) is 1. The lowest BCUT2D eigenvalue weighted by Gasteiger charge is -2.06. The van der Waals surface area contributed by atoms with Crippen LogP contribution < -0.4 is 11.1 Å². The minimum Gasteiger partial charge on any atom is -0.384 e. The van der Waals surface area contributed by atoms with Crippen LogP contribution in [0.4, 0.5) is 5.82 Å². The smallest absolute Gasteiger partial charge is 0.124 e. The predicted molar refractivity (Wildman–Crippen MR) is 49.7 cm³/mol. The summed E-state index contributed by atoms with van der Waals surface area (Å²) in [5.41, 5.74) is 5.70. The van der Waals surface area contributed by atoms with Gasteiger partial charge in [-0.3, -0.25) is 0 Å². The molecule has 0 amide bonds. The van der Waals surface area contributed by atoms with Crippen molar-refractivity contribution >= 4 is 5.82 Å². The molecular weight excluding hydrogens is 152 g/mol. The molecular formula is C8H16N4. The molecule has 0 aliphatic heterocycles. The summed E-state index contributed by atoms with van der Waals surface area (Å²) in [6, 6.07) is 0. The van der Waals surface area contributed by atoms with E-state index in [9.17, 15) is 0 Å². The van der Waals surface area contributed by atoms with Crippen LogP contribution in [0.25, 0.3) is 0 Å². The number of aromatic nitrogens is 2. The summed E-state index contributed by atoms with van der Waals surface area (Å²) >= 11 is 0. The molecule has 1 aromatic rings. The Hall–Kier alpha value is -1.03. The normalized spacial score (nSPS) is 10.5. The average molecular weight is 168 g/mol. The van der Waals surface area contributed by atoms with Crippen molar-refractivity contribution in [2.24, 2.45) is 0 Å². The van der Waals surface area contributed by atoms with Gasteiger partial charge in [0.1, 0.15) is 11.6 Å². The number of nitrogens with two attached hydrogens (primary N) is 1. The van der Waals surface area contributed by atoms with E-state index in [1.54, 1.807) is 6.20 Å². The van der Waals surface area contributed by atoms with Crippen LogP contribution in [-0.2, 0) is 13.1 Å². The highest BCUT2D eigenvalue weighted by Gasteiger charge is 2.03. The summed E-state index contributed by atoms with van der Waals surface area (Å²) in [5, 5.41) is 3.21. The molecule has 3 N–H and O–H groups in total. The summed E-state index contributed by atoms with van der Waals surface area (Å²) in [5.74, 6) is 1.75. The third-order valence-corrected chi connectivity index (χ3v) is 1.82. The average Bonchev–Trinajstić information content (AvgIpc) is 2.43. The third-order valence-electron chi connectivity index (χ3n) is 1.82. The zero-order valence-corrected chi connectivity index (χ0v) is 7.67. The summed E-state index contributed by atoms with van der Waals surface area (Å²) in [7, 11) is 0.